The topological polar surface area (TPSA) is 80.2 Å². The highest BCUT2D eigenvalue weighted by Crippen LogP contribution is 2.27. The number of fused-ring (bicyclic) bond motifs is 1. The molecule has 3 aromatic heterocycles. The molecule has 0 bridgehead atoms. The molecule has 7 nitrogen and oxygen atoms in total. The number of aromatic nitrogens is 3. The number of nitrogens with one attached hydrogen (secondary N) is 1. The van der Waals surface area contributed by atoms with Gasteiger partial charge in [0.15, 0.2) is 6.17 Å². The van der Waals surface area contributed by atoms with Gasteiger partial charge in [-0.05, 0) is 54.5 Å². The van der Waals surface area contributed by atoms with Gasteiger partial charge < -0.3 is 15.0 Å². The zero-order chi connectivity index (χ0) is 26.4. The first-order chi connectivity index (χ1) is 17.9. The fourth-order valence-electron chi connectivity index (χ4n) is 4.08. The highest BCUT2D eigenvalue weighted by molar-refractivity contribution is 5.94. The lowest BCUT2D eigenvalue weighted by atomic mass is 10.0. The second-order valence-electron chi connectivity index (χ2n) is 8.99. The molecule has 1 N–H and O–H groups in total. The Morgan fingerprint density at radius 3 is 2.78 bits per heavy atom. The Labute approximate surface area is 216 Å². The molecule has 0 saturated heterocycles. The number of carbonyl (C=O) groups is 1. The Morgan fingerprint density at radius 1 is 1.22 bits per heavy atom. The summed E-state index contributed by atoms with van der Waals surface area (Å²) < 4.78 is 19.4. The molecule has 0 saturated carbocycles. The van der Waals surface area contributed by atoms with Crippen molar-refractivity contribution in [2.24, 2.45) is 0 Å². The quantitative estimate of drug-likeness (QED) is 0.534. The molecule has 0 radical (unpaired) electrons. The molecule has 4 heterocycles. The van der Waals surface area contributed by atoms with Crippen LogP contribution in [0.15, 0.2) is 54.2 Å². The lowest BCUT2D eigenvalue weighted by molar-refractivity contribution is 0.0484. The monoisotopic (exact) mass is 501 g/mol. The maximum Gasteiger partial charge on any atom is 0.253 e. The predicted molar refractivity (Wildman–Crippen MR) is 144 cm³/mol. The van der Waals surface area contributed by atoms with Crippen LogP contribution in [0.3, 0.4) is 0 Å². The minimum absolute atomic E-state index is 0.0180. The van der Waals surface area contributed by atoms with E-state index in [2.05, 4.69) is 16.4 Å². The molecule has 0 aliphatic carbocycles. The summed E-state index contributed by atoms with van der Waals surface area (Å²) in [5.41, 5.74) is 3.76. The Kier molecular flexibility index (Phi) is 8.40. The molecular weight excluding hydrogens is 469 g/mol. The van der Waals surface area contributed by atoms with Gasteiger partial charge in [-0.1, -0.05) is 31.2 Å². The maximum atomic E-state index is 14.2. The average Bonchev–Trinajstić information content (AvgIpc) is 2.91. The van der Waals surface area contributed by atoms with Gasteiger partial charge in [0.2, 0.25) is 0 Å². The van der Waals surface area contributed by atoms with Crippen molar-refractivity contribution in [2.75, 3.05) is 32.1 Å². The van der Waals surface area contributed by atoms with Gasteiger partial charge in [0, 0.05) is 32.4 Å². The normalized spacial score (nSPS) is 16.5. The highest BCUT2D eigenvalue weighted by atomic mass is 19.1. The summed E-state index contributed by atoms with van der Waals surface area (Å²) in [6.07, 6.45) is 7.03. The molecule has 0 spiro atoms. The van der Waals surface area contributed by atoms with Gasteiger partial charge in [0.05, 0.1) is 41.2 Å². The van der Waals surface area contributed by atoms with Crippen LogP contribution in [0.4, 0.5) is 10.2 Å². The zero-order valence-corrected chi connectivity index (χ0v) is 21.7. The number of halogens is 1. The fraction of sp³-hybridized carbons (Fsp3) is 0.310. The van der Waals surface area contributed by atoms with Crippen molar-refractivity contribution in [3.05, 3.63) is 81.6 Å². The molecule has 1 aliphatic heterocycles. The number of alkyl halides is 1. The van der Waals surface area contributed by atoms with Crippen LogP contribution in [-0.4, -0.2) is 48.1 Å². The molecule has 1 amide bonds. The van der Waals surface area contributed by atoms with Crippen LogP contribution in [0.25, 0.3) is 23.5 Å². The third-order valence-corrected chi connectivity index (χ3v) is 6.07. The number of pyridine rings is 3. The number of hydrogen-bond acceptors (Lipinski definition) is 6. The van der Waals surface area contributed by atoms with E-state index in [9.17, 15) is 9.18 Å². The van der Waals surface area contributed by atoms with Crippen LogP contribution in [0.5, 0.6) is 0 Å². The molecule has 4 rings (SSSR count). The van der Waals surface area contributed by atoms with Crippen LogP contribution in [-0.2, 0) is 11.3 Å². The van der Waals surface area contributed by atoms with Crippen molar-refractivity contribution in [3.63, 3.8) is 0 Å². The maximum absolute atomic E-state index is 14.2. The van der Waals surface area contributed by atoms with E-state index in [1.54, 1.807) is 6.07 Å². The van der Waals surface area contributed by atoms with Gasteiger partial charge in [-0.15, -0.1) is 0 Å². The van der Waals surface area contributed by atoms with Gasteiger partial charge in [0.1, 0.15) is 5.82 Å². The van der Waals surface area contributed by atoms with Crippen molar-refractivity contribution in [3.8, 4) is 11.4 Å². The van der Waals surface area contributed by atoms with E-state index in [0.29, 0.717) is 23.4 Å². The van der Waals surface area contributed by atoms with Gasteiger partial charge in [-0.2, -0.15) is 0 Å². The summed E-state index contributed by atoms with van der Waals surface area (Å²) in [5, 5.41) is 4.72. The van der Waals surface area contributed by atoms with Crippen LogP contribution < -0.4 is 20.8 Å². The number of anilines is 1. The Hall–Kier alpha value is -3.91. The molecule has 3 aromatic rings. The van der Waals surface area contributed by atoms with Gasteiger partial charge in [-0.25, -0.2) is 14.4 Å². The molecule has 1 aliphatic rings. The fourth-order valence-corrected chi connectivity index (χ4v) is 4.08. The highest BCUT2D eigenvalue weighted by Gasteiger charge is 2.22. The molecule has 37 heavy (non-hydrogen) atoms. The summed E-state index contributed by atoms with van der Waals surface area (Å²) in [6, 6.07) is 11.4. The first-order valence-electron chi connectivity index (χ1n) is 12.4. The Morgan fingerprint density at radius 2 is 2.03 bits per heavy atom. The smallest absolute Gasteiger partial charge is 0.253 e. The van der Waals surface area contributed by atoms with Crippen molar-refractivity contribution >= 4 is 23.9 Å². The van der Waals surface area contributed by atoms with Crippen molar-refractivity contribution < 1.29 is 13.9 Å². The van der Waals surface area contributed by atoms with E-state index in [4.69, 9.17) is 14.7 Å². The number of hydrogen-bond donors (Lipinski definition) is 1. The number of amides is 1. The van der Waals surface area contributed by atoms with Crippen LogP contribution in [0.2, 0.25) is 0 Å². The van der Waals surface area contributed by atoms with Crippen molar-refractivity contribution in [1.29, 1.82) is 0 Å². The standard InChI is InChI=1S/C29H32FN5O2/c1-5-8-19(15-32-29(36)21-14-22-23(30)17-37-18-27(22)31-16-21)13-26-20(6-2)11-12-25(33-26)24-9-7-10-28(34-24)35(3)4/h6-14,16,23H,5,15,17-18H2,1-4H3,(H,32,36)/b19-8-,20-6-,26-13+. The predicted octanol–water partition coefficient (Wildman–Crippen LogP) is 3.49. The Balaban J connectivity index is 1.59. The third-order valence-electron chi connectivity index (χ3n) is 6.07. The Bertz CT molecular complexity index is 1430. The summed E-state index contributed by atoms with van der Waals surface area (Å²) in [4.78, 5) is 28.7. The molecule has 1 unspecified atom stereocenters. The van der Waals surface area contributed by atoms with Gasteiger partial charge in [-0.3, -0.25) is 9.78 Å². The summed E-state index contributed by atoms with van der Waals surface area (Å²) in [5.74, 6) is 0.548. The second kappa shape index (κ2) is 11.9. The number of nitrogens with zero attached hydrogens (tertiary/aromatic N) is 4. The number of rotatable bonds is 7. The van der Waals surface area contributed by atoms with Gasteiger partial charge >= 0.3 is 0 Å². The zero-order valence-electron chi connectivity index (χ0n) is 21.7. The molecule has 0 aromatic carbocycles. The molecule has 8 heteroatoms. The number of ether oxygens (including phenoxy) is 1. The van der Waals surface area contributed by atoms with E-state index in [-0.39, 0.29) is 19.1 Å². The average molecular weight is 502 g/mol. The van der Waals surface area contributed by atoms with E-state index < -0.39 is 6.17 Å². The second-order valence-corrected chi connectivity index (χ2v) is 8.99. The van der Waals surface area contributed by atoms with E-state index in [0.717, 1.165) is 39.8 Å². The number of carbonyl (C=O) groups excluding carboxylic acids is 1. The van der Waals surface area contributed by atoms with Crippen LogP contribution in [0.1, 0.15) is 48.1 Å². The minimum atomic E-state index is -1.28. The van der Waals surface area contributed by atoms with Gasteiger partial charge in [0.25, 0.3) is 5.91 Å². The third kappa shape index (κ3) is 6.27. The van der Waals surface area contributed by atoms with Crippen LogP contribution >= 0.6 is 0 Å². The summed E-state index contributed by atoms with van der Waals surface area (Å²) >= 11 is 0. The molecular formula is C29H32FN5O2. The largest absolute Gasteiger partial charge is 0.372 e. The summed E-state index contributed by atoms with van der Waals surface area (Å²) in [6.45, 7) is 4.55. The first kappa shape index (κ1) is 26.2. The molecule has 192 valence electrons. The lowest BCUT2D eigenvalue weighted by Gasteiger charge is -2.19. The van der Waals surface area contributed by atoms with Crippen molar-refractivity contribution in [2.45, 2.75) is 33.0 Å². The van der Waals surface area contributed by atoms with E-state index in [1.165, 1.54) is 6.20 Å². The van der Waals surface area contributed by atoms with E-state index in [1.807, 2.05) is 75.3 Å². The van der Waals surface area contributed by atoms with Crippen LogP contribution in [0, 0.1) is 0 Å². The summed E-state index contributed by atoms with van der Waals surface area (Å²) in [7, 11) is 3.91. The lowest BCUT2D eigenvalue weighted by Crippen LogP contribution is -2.30. The minimum Gasteiger partial charge on any atom is -0.372 e. The molecule has 0 fully saturated rings. The number of allylic oxidation sites excluding steroid dienone is 1. The molecule has 1 atom stereocenters. The van der Waals surface area contributed by atoms with Crippen molar-refractivity contribution in [1.82, 2.24) is 20.3 Å². The van der Waals surface area contributed by atoms with E-state index >= 15 is 0 Å². The first-order valence-corrected chi connectivity index (χ1v) is 12.4. The SMILES string of the molecule is C/C=c1/ccc(-c2cccc(N(C)C)n2)n/c1=C/C(=C/CC)CNC(=O)c1cnc2c(c1)C(F)COC2.